The van der Waals surface area contributed by atoms with Crippen molar-refractivity contribution in [1.29, 1.82) is 0 Å². The van der Waals surface area contributed by atoms with Gasteiger partial charge in [-0.05, 0) is 42.1 Å². The molecule has 22 heavy (non-hydrogen) atoms. The molecule has 1 aliphatic heterocycles. The third kappa shape index (κ3) is 3.81. The molecule has 1 saturated heterocycles. The molecule has 0 bridgehead atoms. The minimum absolute atomic E-state index is 0.112. The molecule has 3 rings (SSSR count). The molecule has 6 heteroatoms. The summed E-state index contributed by atoms with van der Waals surface area (Å²) in [6.07, 6.45) is 0.960. The van der Waals surface area contributed by atoms with Crippen molar-refractivity contribution in [2.75, 3.05) is 24.2 Å². The van der Waals surface area contributed by atoms with Crippen LogP contribution in [0.15, 0.2) is 41.8 Å². The van der Waals surface area contributed by atoms with Crippen molar-refractivity contribution in [3.05, 3.63) is 52.5 Å². The second-order valence-corrected chi connectivity index (χ2v) is 7.38. The van der Waals surface area contributed by atoms with Gasteiger partial charge in [0.1, 0.15) is 5.82 Å². The molecule has 116 valence electrons. The van der Waals surface area contributed by atoms with Crippen LogP contribution in [0.4, 0.5) is 14.9 Å². The Morgan fingerprint density at radius 1 is 1.23 bits per heavy atom. The number of urea groups is 1. The van der Waals surface area contributed by atoms with E-state index in [1.807, 2.05) is 16.7 Å². The molecule has 2 aromatic rings. The summed E-state index contributed by atoms with van der Waals surface area (Å²) in [5.41, 5.74) is 0.623. The Hall–Kier alpha value is -1.53. The molecule has 0 saturated carbocycles. The first-order valence-electron chi connectivity index (χ1n) is 7.19. The first kappa shape index (κ1) is 15.4. The number of thioether (sulfide) groups is 1. The fraction of sp³-hybridized carbons (Fsp3) is 0.312. The van der Waals surface area contributed by atoms with E-state index in [0.29, 0.717) is 10.9 Å². The predicted octanol–water partition coefficient (Wildman–Crippen LogP) is 4.60. The lowest BCUT2D eigenvalue weighted by molar-refractivity contribution is 0.215. The number of benzene rings is 1. The Kier molecular flexibility index (Phi) is 5.00. The first-order valence-corrected chi connectivity index (χ1v) is 9.12. The number of nitrogens with zero attached hydrogens (tertiary/aromatic N) is 1. The smallest absolute Gasteiger partial charge is 0.321 e. The molecule has 2 amide bonds. The summed E-state index contributed by atoms with van der Waals surface area (Å²) >= 11 is 3.69. The zero-order valence-corrected chi connectivity index (χ0v) is 13.6. The van der Waals surface area contributed by atoms with Gasteiger partial charge < -0.3 is 10.2 Å². The summed E-state index contributed by atoms with van der Waals surface area (Å²) in [6.45, 7) is 1.47. The molecular weight excluding hydrogens is 319 g/mol. The molecule has 3 nitrogen and oxygen atoms in total. The molecule has 0 aliphatic carbocycles. The molecule has 1 unspecified atom stereocenters. The fourth-order valence-electron chi connectivity index (χ4n) is 2.41. The van der Waals surface area contributed by atoms with Gasteiger partial charge in [-0.15, -0.1) is 11.3 Å². The summed E-state index contributed by atoms with van der Waals surface area (Å²) in [5, 5.41) is 5.40. The first-order chi connectivity index (χ1) is 10.7. The largest absolute Gasteiger partial charge is 0.324 e. The molecule has 1 fully saturated rings. The van der Waals surface area contributed by atoms with E-state index in [4.69, 9.17) is 0 Å². The third-order valence-corrected chi connectivity index (χ3v) is 6.03. The van der Waals surface area contributed by atoms with Gasteiger partial charge in [0, 0.05) is 34.7 Å². The van der Waals surface area contributed by atoms with Crippen molar-refractivity contribution >= 4 is 34.8 Å². The van der Waals surface area contributed by atoms with Gasteiger partial charge in [-0.2, -0.15) is 11.8 Å². The highest BCUT2D eigenvalue weighted by Crippen LogP contribution is 2.36. The van der Waals surface area contributed by atoms with Crippen molar-refractivity contribution < 1.29 is 9.18 Å². The van der Waals surface area contributed by atoms with Gasteiger partial charge >= 0.3 is 6.03 Å². The van der Waals surface area contributed by atoms with Crippen LogP contribution >= 0.6 is 23.1 Å². The quantitative estimate of drug-likeness (QED) is 0.869. The van der Waals surface area contributed by atoms with Crippen LogP contribution in [0.1, 0.15) is 16.5 Å². The van der Waals surface area contributed by atoms with Crippen LogP contribution in [0, 0.1) is 5.82 Å². The van der Waals surface area contributed by atoms with Gasteiger partial charge in [-0.25, -0.2) is 9.18 Å². The van der Waals surface area contributed by atoms with Gasteiger partial charge in [0.2, 0.25) is 0 Å². The number of amides is 2. The molecular formula is C16H17FN2OS2. The summed E-state index contributed by atoms with van der Waals surface area (Å²) < 4.78 is 12.9. The Labute approximate surface area is 137 Å². The van der Waals surface area contributed by atoms with E-state index in [0.717, 1.165) is 25.3 Å². The summed E-state index contributed by atoms with van der Waals surface area (Å²) in [5.74, 6) is 0.627. The average molecular weight is 336 g/mol. The number of carbonyl (C=O) groups is 1. The molecule has 1 aliphatic rings. The minimum Gasteiger partial charge on any atom is -0.324 e. The maximum Gasteiger partial charge on any atom is 0.321 e. The van der Waals surface area contributed by atoms with E-state index >= 15 is 0 Å². The van der Waals surface area contributed by atoms with E-state index in [2.05, 4.69) is 22.8 Å². The normalized spacial score (nSPS) is 18.8. The zero-order chi connectivity index (χ0) is 15.4. The maximum absolute atomic E-state index is 12.9. The number of halogens is 1. The molecule has 0 radical (unpaired) electrons. The lowest BCUT2D eigenvalue weighted by Gasteiger charge is -2.20. The van der Waals surface area contributed by atoms with Crippen molar-refractivity contribution in [3.8, 4) is 0 Å². The highest BCUT2D eigenvalue weighted by atomic mass is 32.2. The average Bonchev–Trinajstić information content (AvgIpc) is 2.94. The Morgan fingerprint density at radius 3 is 2.77 bits per heavy atom. The number of rotatable bonds is 2. The minimum atomic E-state index is -0.303. The lowest BCUT2D eigenvalue weighted by atomic mass is 10.2. The Balaban J connectivity index is 1.58. The predicted molar refractivity (Wildman–Crippen MR) is 91.1 cm³/mol. The molecule has 1 atom stereocenters. The van der Waals surface area contributed by atoms with Crippen LogP contribution in [0.3, 0.4) is 0 Å². The lowest BCUT2D eigenvalue weighted by Crippen LogP contribution is -2.36. The topological polar surface area (TPSA) is 32.3 Å². The standard InChI is InChI=1S/C16H17FN2OS2/c17-12-3-5-13(6-4-12)18-16(20)19-8-7-15(22-11-9-19)14-2-1-10-21-14/h1-6,10,15H,7-9,11H2,(H,18,20). The van der Waals surface area contributed by atoms with Gasteiger partial charge in [0.25, 0.3) is 0 Å². The van der Waals surface area contributed by atoms with Gasteiger partial charge in [-0.3, -0.25) is 0 Å². The van der Waals surface area contributed by atoms with E-state index < -0.39 is 0 Å². The second-order valence-electron chi connectivity index (χ2n) is 5.09. The monoisotopic (exact) mass is 336 g/mol. The van der Waals surface area contributed by atoms with Crippen LogP contribution in [0.5, 0.6) is 0 Å². The summed E-state index contributed by atoms with van der Waals surface area (Å²) in [6, 6.07) is 9.98. The maximum atomic E-state index is 12.9. The Bertz CT molecular complexity index is 616. The summed E-state index contributed by atoms with van der Waals surface area (Å²) in [7, 11) is 0. The van der Waals surface area contributed by atoms with E-state index in [9.17, 15) is 9.18 Å². The highest BCUT2D eigenvalue weighted by Gasteiger charge is 2.22. The van der Waals surface area contributed by atoms with Gasteiger partial charge in [-0.1, -0.05) is 6.07 Å². The fourth-order valence-corrected chi connectivity index (χ4v) is 4.65. The van der Waals surface area contributed by atoms with Gasteiger partial charge in [0.05, 0.1) is 0 Å². The third-order valence-electron chi connectivity index (χ3n) is 3.58. The van der Waals surface area contributed by atoms with Crippen LogP contribution in [-0.2, 0) is 0 Å². The number of anilines is 1. The van der Waals surface area contributed by atoms with Crippen LogP contribution in [-0.4, -0.2) is 29.8 Å². The van der Waals surface area contributed by atoms with Gasteiger partial charge in [0.15, 0.2) is 0 Å². The molecule has 0 spiro atoms. The molecule has 1 aromatic carbocycles. The molecule has 1 N–H and O–H groups in total. The van der Waals surface area contributed by atoms with Crippen molar-refractivity contribution in [2.24, 2.45) is 0 Å². The van der Waals surface area contributed by atoms with Crippen molar-refractivity contribution in [2.45, 2.75) is 11.7 Å². The van der Waals surface area contributed by atoms with Crippen LogP contribution in [0.2, 0.25) is 0 Å². The number of hydrogen-bond acceptors (Lipinski definition) is 3. The SMILES string of the molecule is O=C(Nc1ccc(F)cc1)N1CCSC(c2cccs2)CC1. The molecule has 2 heterocycles. The number of carbonyl (C=O) groups excluding carboxylic acids is 1. The Morgan fingerprint density at radius 2 is 2.05 bits per heavy atom. The second kappa shape index (κ2) is 7.15. The molecule has 1 aromatic heterocycles. The van der Waals surface area contributed by atoms with Crippen molar-refractivity contribution in [1.82, 2.24) is 4.90 Å². The van der Waals surface area contributed by atoms with Crippen LogP contribution in [0.25, 0.3) is 0 Å². The van der Waals surface area contributed by atoms with Crippen molar-refractivity contribution in [3.63, 3.8) is 0 Å². The number of thiophene rings is 1. The highest BCUT2D eigenvalue weighted by molar-refractivity contribution is 7.99. The van der Waals surface area contributed by atoms with E-state index in [1.165, 1.54) is 17.0 Å². The van der Waals surface area contributed by atoms with E-state index in [1.54, 1.807) is 23.5 Å². The number of nitrogens with one attached hydrogen (secondary N) is 1. The van der Waals surface area contributed by atoms with E-state index in [-0.39, 0.29) is 11.8 Å². The summed E-state index contributed by atoms with van der Waals surface area (Å²) in [4.78, 5) is 15.5. The number of hydrogen-bond donors (Lipinski definition) is 1. The zero-order valence-electron chi connectivity index (χ0n) is 12.0. The van der Waals surface area contributed by atoms with Crippen LogP contribution < -0.4 is 5.32 Å².